The van der Waals surface area contributed by atoms with E-state index < -0.39 is 17.7 Å². The van der Waals surface area contributed by atoms with Gasteiger partial charge in [0.2, 0.25) is 0 Å². The molecular weight excluding hydrogens is 306 g/mol. The van der Waals surface area contributed by atoms with Crippen molar-refractivity contribution < 1.29 is 19.4 Å². The van der Waals surface area contributed by atoms with Crippen LogP contribution in [-0.4, -0.2) is 29.3 Å². The molecule has 1 aromatic carbocycles. The number of carbonyl (C=O) groups excluding carboxylic acids is 1. The van der Waals surface area contributed by atoms with Crippen LogP contribution in [0.4, 0.5) is 4.79 Å². The minimum atomic E-state index is -1.06. The molecule has 0 radical (unpaired) electrons. The molecule has 1 aromatic rings. The number of halogens is 1. The predicted octanol–water partition coefficient (Wildman–Crippen LogP) is 3.97. The van der Waals surface area contributed by atoms with Gasteiger partial charge < -0.3 is 15.2 Å². The van der Waals surface area contributed by atoms with E-state index in [4.69, 9.17) is 21.4 Å². The van der Waals surface area contributed by atoms with Gasteiger partial charge in [-0.25, -0.2) is 9.59 Å². The lowest BCUT2D eigenvalue weighted by atomic mass is 10.1. The molecule has 0 aromatic heterocycles. The number of ether oxygens (including phenoxy) is 1. The normalized spacial score (nSPS) is 11.5. The molecule has 6 heteroatoms. The second-order valence-corrected chi connectivity index (χ2v) is 6.07. The lowest BCUT2D eigenvalue weighted by Gasteiger charge is -2.19. The molecule has 0 unspecified atom stereocenters. The van der Waals surface area contributed by atoms with E-state index in [0.29, 0.717) is 13.0 Å². The van der Waals surface area contributed by atoms with E-state index in [1.165, 1.54) is 6.07 Å². The first-order valence-corrected chi connectivity index (χ1v) is 7.23. The number of carboxylic acid groups (broad SMARTS) is 1. The number of nitrogens with one attached hydrogen (secondary N) is 1. The van der Waals surface area contributed by atoms with E-state index in [9.17, 15) is 9.59 Å². The van der Waals surface area contributed by atoms with Crippen LogP contribution in [0.15, 0.2) is 24.3 Å². The molecule has 0 saturated carbocycles. The number of carbonyl (C=O) groups is 2. The minimum Gasteiger partial charge on any atom is -0.478 e. The van der Waals surface area contributed by atoms with Crippen LogP contribution in [-0.2, 0) is 4.74 Å². The zero-order valence-corrected chi connectivity index (χ0v) is 13.6. The van der Waals surface area contributed by atoms with E-state index in [2.05, 4.69) is 5.32 Å². The Bertz CT molecular complexity index is 576. The Morgan fingerprint density at radius 2 is 2.05 bits per heavy atom. The summed E-state index contributed by atoms with van der Waals surface area (Å²) >= 11 is 5.80. The summed E-state index contributed by atoms with van der Waals surface area (Å²) in [5, 5.41) is 11.8. The lowest BCUT2D eigenvalue weighted by molar-refractivity contribution is 0.0528. The van der Waals surface area contributed by atoms with Crippen LogP contribution in [0.3, 0.4) is 0 Å². The van der Waals surface area contributed by atoms with Gasteiger partial charge in [0.25, 0.3) is 0 Å². The maximum atomic E-state index is 11.4. The first-order valence-electron chi connectivity index (χ1n) is 6.85. The van der Waals surface area contributed by atoms with Crippen molar-refractivity contribution in [1.82, 2.24) is 5.32 Å². The fraction of sp³-hybridized carbons (Fsp3) is 0.375. The molecular formula is C16H20ClNO4. The Labute approximate surface area is 134 Å². The third-order valence-electron chi connectivity index (χ3n) is 2.51. The maximum Gasteiger partial charge on any atom is 0.407 e. The van der Waals surface area contributed by atoms with Crippen LogP contribution in [0.25, 0.3) is 6.08 Å². The monoisotopic (exact) mass is 325 g/mol. The number of carboxylic acids is 1. The van der Waals surface area contributed by atoms with Gasteiger partial charge in [-0.2, -0.15) is 0 Å². The van der Waals surface area contributed by atoms with Gasteiger partial charge in [0.15, 0.2) is 0 Å². The molecule has 0 aliphatic heterocycles. The zero-order chi connectivity index (χ0) is 16.8. The molecule has 0 fully saturated rings. The van der Waals surface area contributed by atoms with Crippen LogP contribution in [0.1, 0.15) is 43.1 Å². The average Bonchev–Trinajstić information content (AvgIpc) is 2.37. The van der Waals surface area contributed by atoms with E-state index in [1.54, 1.807) is 39.0 Å². The van der Waals surface area contributed by atoms with Crippen molar-refractivity contribution in [1.29, 1.82) is 0 Å². The number of benzene rings is 1. The highest BCUT2D eigenvalue weighted by atomic mass is 35.5. The minimum absolute atomic E-state index is 0.0655. The quantitative estimate of drug-likeness (QED) is 0.803. The third kappa shape index (κ3) is 6.63. The molecule has 0 saturated heterocycles. The first kappa shape index (κ1) is 18.0. The number of hydrogen-bond acceptors (Lipinski definition) is 3. The standard InChI is InChI=1S/C16H20ClNO4/c1-16(2,3)22-15(21)18-9-5-4-6-11-7-8-13(17)12(10-11)14(19)20/h4,6-8,10H,5,9H2,1-3H3,(H,18,21)(H,19,20). The van der Waals surface area contributed by atoms with E-state index in [0.717, 1.165) is 5.56 Å². The molecule has 0 aliphatic carbocycles. The summed E-state index contributed by atoms with van der Waals surface area (Å²) in [6.07, 6.45) is 3.76. The van der Waals surface area contributed by atoms with E-state index >= 15 is 0 Å². The summed E-state index contributed by atoms with van der Waals surface area (Å²) in [5.41, 5.74) is 0.283. The summed E-state index contributed by atoms with van der Waals surface area (Å²) in [4.78, 5) is 22.4. The summed E-state index contributed by atoms with van der Waals surface area (Å²) in [6.45, 7) is 5.83. The molecule has 5 nitrogen and oxygen atoms in total. The topological polar surface area (TPSA) is 75.6 Å². The van der Waals surface area contributed by atoms with Crippen molar-refractivity contribution >= 4 is 29.7 Å². The van der Waals surface area contributed by atoms with E-state index in [-0.39, 0.29) is 10.6 Å². The molecule has 120 valence electrons. The smallest absolute Gasteiger partial charge is 0.407 e. The molecule has 22 heavy (non-hydrogen) atoms. The zero-order valence-electron chi connectivity index (χ0n) is 12.9. The van der Waals surface area contributed by atoms with Crippen LogP contribution in [0, 0.1) is 0 Å². The molecule has 0 atom stereocenters. The van der Waals surface area contributed by atoms with Crippen molar-refractivity contribution in [2.24, 2.45) is 0 Å². The van der Waals surface area contributed by atoms with Crippen molar-refractivity contribution in [3.05, 3.63) is 40.4 Å². The van der Waals surface area contributed by atoms with Crippen LogP contribution < -0.4 is 5.32 Å². The number of aromatic carboxylic acids is 1. The summed E-state index contributed by atoms with van der Waals surface area (Å²) < 4.78 is 5.10. The van der Waals surface area contributed by atoms with Crippen molar-refractivity contribution in [3.8, 4) is 0 Å². The Hall–Kier alpha value is -2.01. The molecule has 1 rings (SSSR count). The lowest BCUT2D eigenvalue weighted by Crippen LogP contribution is -2.32. The third-order valence-corrected chi connectivity index (χ3v) is 2.84. The van der Waals surface area contributed by atoms with Crippen LogP contribution in [0.5, 0.6) is 0 Å². The Kier molecular flexibility index (Phi) is 6.43. The highest BCUT2D eigenvalue weighted by Gasteiger charge is 2.15. The number of amides is 1. The second-order valence-electron chi connectivity index (χ2n) is 5.66. The molecule has 0 heterocycles. The highest BCUT2D eigenvalue weighted by molar-refractivity contribution is 6.33. The van der Waals surface area contributed by atoms with Crippen LogP contribution >= 0.6 is 11.6 Å². The van der Waals surface area contributed by atoms with Crippen LogP contribution in [0.2, 0.25) is 5.02 Å². The fourth-order valence-corrected chi connectivity index (χ4v) is 1.80. The fourth-order valence-electron chi connectivity index (χ4n) is 1.60. The second kappa shape index (κ2) is 7.84. The molecule has 0 spiro atoms. The molecule has 1 amide bonds. The van der Waals surface area contributed by atoms with Crippen molar-refractivity contribution in [2.45, 2.75) is 32.8 Å². The Balaban J connectivity index is 2.45. The molecule has 0 bridgehead atoms. The summed E-state index contributed by atoms with van der Waals surface area (Å²) in [6, 6.07) is 4.78. The van der Waals surface area contributed by atoms with E-state index in [1.807, 2.05) is 6.08 Å². The van der Waals surface area contributed by atoms with Gasteiger partial charge >= 0.3 is 12.1 Å². The summed E-state index contributed by atoms with van der Waals surface area (Å²) in [7, 11) is 0. The van der Waals surface area contributed by atoms with Gasteiger partial charge in [-0.3, -0.25) is 0 Å². The van der Waals surface area contributed by atoms with Gasteiger partial charge in [0.1, 0.15) is 5.60 Å². The largest absolute Gasteiger partial charge is 0.478 e. The van der Waals surface area contributed by atoms with Gasteiger partial charge in [0.05, 0.1) is 10.6 Å². The Morgan fingerprint density at radius 3 is 2.64 bits per heavy atom. The number of alkyl carbamates (subject to hydrolysis) is 1. The highest BCUT2D eigenvalue weighted by Crippen LogP contribution is 2.18. The summed E-state index contributed by atoms with van der Waals surface area (Å²) in [5.74, 6) is -1.06. The number of hydrogen-bond donors (Lipinski definition) is 2. The SMILES string of the molecule is CC(C)(C)OC(=O)NCCC=Cc1ccc(Cl)c(C(=O)O)c1. The molecule has 0 aliphatic rings. The average molecular weight is 326 g/mol. The van der Waals surface area contributed by atoms with Gasteiger partial charge in [-0.05, 0) is 44.9 Å². The van der Waals surface area contributed by atoms with Gasteiger partial charge in [0, 0.05) is 6.54 Å². The number of rotatable bonds is 5. The Morgan fingerprint density at radius 1 is 1.36 bits per heavy atom. The van der Waals surface area contributed by atoms with Crippen molar-refractivity contribution in [2.75, 3.05) is 6.54 Å². The maximum absolute atomic E-state index is 11.4. The van der Waals surface area contributed by atoms with Gasteiger partial charge in [-0.1, -0.05) is 29.8 Å². The predicted molar refractivity (Wildman–Crippen MR) is 86.3 cm³/mol. The van der Waals surface area contributed by atoms with Crippen molar-refractivity contribution in [3.63, 3.8) is 0 Å². The van der Waals surface area contributed by atoms with Gasteiger partial charge in [-0.15, -0.1) is 0 Å². The first-order chi connectivity index (χ1) is 10.2. The molecule has 2 N–H and O–H groups in total.